The van der Waals surface area contributed by atoms with Gasteiger partial charge in [-0.15, -0.1) is 24.8 Å². The predicted octanol–water partition coefficient (Wildman–Crippen LogP) is 6.08. The van der Waals surface area contributed by atoms with Gasteiger partial charge in [0.15, 0.2) is 0 Å². The molecular formula is C24H34Cl2N4O. The minimum absolute atomic E-state index is 0. The fourth-order valence-electron chi connectivity index (χ4n) is 4.11. The van der Waals surface area contributed by atoms with Gasteiger partial charge in [-0.1, -0.05) is 13.3 Å². The summed E-state index contributed by atoms with van der Waals surface area (Å²) in [5.41, 5.74) is 4.13. The summed E-state index contributed by atoms with van der Waals surface area (Å²) in [5.74, 6) is 0.0951. The molecule has 2 heterocycles. The van der Waals surface area contributed by atoms with E-state index in [0.29, 0.717) is 13.1 Å². The maximum absolute atomic E-state index is 13.3. The molecule has 0 aliphatic rings. The number of H-pyrrole nitrogens is 1. The highest BCUT2D eigenvalue weighted by atomic mass is 35.5. The number of aromatic amines is 1. The molecule has 2 atom stereocenters. The zero-order chi connectivity index (χ0) is 20.8. The Bertz CT molecular complexity index is 941. The van der Waals surface area contributed by atoms with Gasteiger partial charge in [0.1, 0.15) is 0 Å². The van der Waals surface area contributed by atoms with Gasteiger partial charge in [-0.2, -0.15) is 0 Å². The molecule has 2 N–H and O–H groups in total. The summed E-state index contributed by atoms with van der Waals surface area (Å²) in [7, 11) is 0. The largest absolute Gasteiger partial charge is 0.361 e. The molecule has 2 aromatic heterocycles. The number of hydrogen-bond acceptors (Lipinski definition) is 3. The number of pyridine rings is 1. The van der Waals surface area contributed by atoms with Gasteiger partial charge in [-0.3, -0.25) is 9.78 Å². The first kappa shape index (κ1) is 27.0. The van der Waals surface area contributed by atoms with Crippen LogP contribution in [0, 0.1) is 0 Å². The van der Waals surface area contributed by atoms with Crippen LogP contribution in [0.4, 0.5) is 0 Å². The van der Waals surface area contributed by atoms with Gasteiger partial charge in [0.25, 0.3) is 5.91 Å². The summed E-state index contributed by atoms with van der Waals surface area (Å²) in [6.07, 6.45) is 7.72. The van der Waals surface area contributed by atoms with Crippen LogP contribution in [0.15, 0.2) is 48.9 Å². The second kappa shape index (κ2) is 12.7. The van der Waals surface area contributed by atoms with Crippen LogP contribution in [-0.2, 0) is 0 Å². The number of nitrogens with one attached hydrogen (secondary N) is 2. The molecule has 0 aliphatic carbocycles. The van der Waals surface area contributed by atoms with Gasteiger partial charge in [0, 0.05) is 60.2 Å². The third-order valence-corrected chi connectivity index (χ3v) is 5.63. The number of halogens is 2. The lowest BCUT2D eigenvalue weighted by Crippen LogP contribution is -2.33. The van der Waals surface area contributed by atoms with E-state index in [-0.39, 0.29) is 42.8 Å². The summed E-state index contributed by atoms with van der Waals surface area (Å²) in [6.45, 7) is 9.82. The Morgan fingerprint density at radius 2 is 1.74 bits per heavy atom. The molecule has 7 heteroatoms. The van der Waals surface area contributed by atoms with Crippen LogP contribution in [0.3, 0.4) is 0 Å². The lowest BCUT2D eigenvalue weighted by molar-refractivity contribution is 0.0771. The van der Waals surface area contributed by atoms with Gasteiger partial charge >= 0.3 is 0 Å². The van der Waals surface area contributed by atoms with E-state index in [9.17, 15) is 4.79 Å². The predicted molar refractivity (Wildman–Crippen MR) is 133 cm³/mol. The van der Waals surface area contributed by atoms with E-state index in [1.54, 1.807) is 0 Å². The number of benzene rings is 1. The molecular weight excluding hydrogens is 431 g/mol. The zero-order valence-electron chi connectivity index (χ0n) is 18.7. The number of carbonyl (C=O) groups excluding carboxylic acids is 1. The molecule has 1 amide bonds. The molecule has 31 heavy (non-hydrogen) atoms. The molecule has 0 radical (unpaired) electrons. The number of fused-ring (bicyclic) bond motifs is 1. The molecule has 0 fully saturated rings. The molecule has 0 saturated heterocycles. The second-order valence-corrected chi connectivity index (χ2v) is 7.45. The Morgan fingerprint density at radius 3 is 2.35 bits per heavy atom. The summed E-state index contributed by atoms with van der Waals surface area (Å²) in [4.78, 5) is 22.6. The van der Waals surface area contributed by atoms with Crippen molar-refractivity contribution < 1.29 is 4.79 Å². The number of nitrogens with zero attached hydrogens (tertiary/aromatic N) is 2. The van der Waals surface area contributed by atoms with Gasteiger partial charge in [-0.25, -0.2) is 0 Å². The van der Waals surface area contributed by atoms with Gasteiger partial charge in [0.05, 0.1) is 0 Å². The van der Waals surface area contributed by atoms with Crippen molar-refractivity contribution >= 4 is 41.6 Å². The fourth-order valence-corrected chi connectivity index (χ4v) is 4.11. The number of amides is 1. The van der Waals surface area contributed by atoms with Crippen molar-refractivity contribution in [2.24, 2.45) is 0 Å². The lowest BCUT2D eigenvalue weighted by atomic mass is 9.94. The average molecular weight is 465 g/mol. The minimum Gasteiger partial charge on any atom is -0.361 e. The molecule has 3 aromatic rings. The van der Waals surface area contributed by atoms with Crippen LogP contribution >= 0.6 is 24.8 Å². The first-order valence-electron chi connectivity index (χ1n) is 10.7. The lowest BCUT2D eigenvalue weighted by Gasteiger charge is -2.27. The van der Waals surface area contributed by atoms with Crippen LogP contribution in [0.1, 0.15) is 74.1 Å². The van der Waals surface area contributed by atoms with E-state index < -0.39 is 0 Å². The van der Waals surface area contributed by atoms with Crippen molar-refractivity contribution in [3.8, 4) is 0 Å². The van der Waals surface area contributed by atoms with E-state index in [4.69, 9.17) is 0 Å². The van der Waals surface area contributed by atoms with Crippen molar-refractivity contribution in [2.75, 3.05) is 13.1 Å². The van der Waals surface area contributed by atoms with E-state index in [0.717, 1.165) is 34.9 Å². The van der Waals surface area contributed by atoms with Crippen LogP contribution in [-0.4, -0.2) is 33.9 Å². The van der Waals surface area contributed by atoms with Gasteiger partial charge in [0.2, 0.25) is 0 Å². The normalized spacial score (nSPS) is 12.5. The van der Waals surface area contributed by atoms with Crippen LogP contribution in [0.25, 0.3) is 10.9 Å². The van der Waals surface area contributed by atoms with E-state index in [1.165, 1.54) is 5.56 Å². The zero-order valence-corrected chi connectivity index (χ0v) is 20.4. The number of hydrogen-bond donors (Lipinski definition) is 2. The second-order valence-electron chi connectivity index (χ2n) is 7.45. The Morgan fingerprint density at radius 1 is 1.06 bits per heavy atom. The standard InChI is InChI=1S/C24H32N4O.2ClH/c1-5-8-21(18-11-14-25-15-12-18)27-17(4)23-19-13-16-26-22(19)10-9-20(23)24(29)28(6-2)7-3;;/h9-17,21,26-27H,5-8H2,1-4H3;2*1H. The number of carbonyl (C=O) groups is 1. The third kappa shape index (κ3) is 6.00. The Kier molecular flexibility index (Phi) is 11.0. The van der Waals surface area contributed by atoms with E-state index in [1.807, 2.05) is 49.5 Å². The molecule has 0 saturated carbocycles. The minimum atomic E-state index is 0. The highest BCUT2D eigenvalue weighted by molar-refractivity contribution is 6.01. The summed E-state index contributed by atoms with van der Waals surface area (Å²) in [6, 6.07) is 10.4. The first-order valence-corrected chi connectivity index (χ1v) is 10.7. The molecule has 170 valence electrons. The Hall–Kier alpha value is -2.08. The smallest absolute Gasteiger partial charge is 0.254 e. The first-order chi connectivity index (χ1) is 14.1. The van der Waals surface area contributed by atoms with Crippen molar-refractivity contribution in [1.82, 2.24) is 20.2 Å². The highest BCUT2D eigenvalue weighted by Crippen LogP contribution is 2.31. The monoisotopic (exact) mass is 464 g/mol. The van der Waals surface area contributed by atoms with Crippen molar-refractivity contribution in [1.29, 1.82) is 0 Å². The molecule has 1 aromatic carbocycles. The van der Waals surface area contributed by atoms with Gasteiger partial charge in [-0.05, 0) is 68.7 Å². The number of rotatable bonds is 9. The maximum Gasteiger partial charge on any atom is 0.254 e. The van der Waals surface area contributed by atoms with Crippen molar-refractivity contribution in [2.45, 2.75) is 52.6 Å². The third-order valence-electron chi connectivity index (χ3n) is 5.63. The quantitative estimate of drug-likeness (QED) is 0.403. The van der Waals surface area contributed by atoms with Crippen LogP contribution in [0.2, 0.25) is 0 Å². The van der Waals surface area contributed by atoms with Crippen LogP contribution < -0.4 is 5.32 Å². The topological polar surface area (TPSA) is 61.0 Å². The molecule has 0 aliphatic heterocycles. The Balaban J connectivity index is 0.00000240. The molecule has 0 spiro atoms. The van der Waals surface area contributed by atoms with Crippen LogP contribution in [0.5, 0.6) is 0 Å². The summed E-state index contributed by atoms with van der Waals surface area (Å²) >= 11 is 0. The summed E-state index contributed by atoms with van der Waals surface area (Å²) in [5, 5.41) is 4.89. The van der Waals surface area contributed by atoms with Gasteiger partial charge < -0.3 is 15.2 Å². The van der Waals surface area contributed by atoms with Crippen molar-refractivity contribution in [3.63, 3.8) is 0 Å². The number of aromatic nitrogens is 2. The van der Waals surface area contributed by atoms with E-state index >= 15 is 0 Å². The summed E-state index contributed by atoms with van der Waals surface area (Å²) < 4.78 is 0. The van der Waals surface area contributed by atoms with Crippen molar-refractivity contribution in [3.05, 3.63) is 65.6 Å². The van der Waals surface area contributed by atoms with E-state index in [2.05, 4.69) is 47.3 Å². The average Bonchev–Trinajstić information content (AvgIpc) is 3.22. The molecule has 5 nitrogen and oxygen atoms in total. The maximum atomic E-state index is 13.3. The Labute approximate surface area is 197 Å². The SMILES string of the molecule is CCCC(NC(C)c1c(C(=O)N(CC)CC)ccc2[nH]ccc12)c1ccncc1.Cl.Cl. The molecule has 2 unspecified atom stereocenters. The molecule has 3 rings (SSSR count). The fraction of sp³-hybridized carbons (Fsp3) is 0.417. The molecule has 0 bridgehead atoms. The highest BCUT2D eigenvalue weighted by Gasteiger charge is 2.24.